The third-order valence-electron chi connectivity index (χ3n) is 2.35. The van der Waals surface area contributed by atoms with Crippen LogP contribution in [0.1, 0.15) is 5.56 Å². The van der Waals surface area contributed by atoms with Crippen LogP contribution in [0.4, 0.5) is 0 Å². The summed E-state index contributed by atoms with van der Waals surface area (Å²) in [6, 6.07) is 11.6. The zero-order valence-corrected chi connectivity index (χ0v) is 7.90. The Morgan fingerprint density at radius 1 is 1.14 bits per heavy atom. The molecule has 0 bridgehead atoms. The van der Waals surface area contributed by atoms with E-state index in [1.807, 2.05) is 24.3 Å². The van der Waals surface area contributed by atoms with E-state index >= 15 is 0 Å². The molecule has 72 valence electrons. The van der Waals surface area contributed by atoms with E-state index in [1.165, 1.54) is 5.56 Å². The van der Waals surface area contributed by atoms with Gasteiger partial charge in [-0.15, -0.1) is 0 Å². The first-order valence-electron chi connectivity index (χ1n) is 4.72. The van der Waals surface area contributed by atoms with Gasteiger partial charge in [0.25, 0.3) is 0 Å². The van der Waals surface area contributed by atoms with Gasteiger partial charge < -0.3 is 10.8 Å². The SMILES string of the molecule is NCCc1ccc2c(O)cccc2c1. The lowest BCUT2D eigenvalue weighted by Gasteiger charge is -2.03. The Morgan fingerprint density at radius 2 is 2.00 bits per heavy atom. The van der Waals surface area contributed by atoms with E-state index in [9.17, 15) is 5.11 Å². The molecule has 0 heterocycles. The fourth-order valence-electron chi connectivity index (χ4n) is 1.64. The van der Waals surface area contributed by atoms with Crippen LogP contribution in [0.15, 0.2) is 36.4 Å². The summed E-state index contributed by atoms with van der Waals surface area (Å²) in [5.41, 5.74) is 6.70. The molecule has 0 saturated heterocycles. The molecule has 0 atom stereocenters. The highest BCUT2D eigenvalue weighted by molar-refractivity contribution is 5.88. The molecule has 2 heteroatoms. The summed E-state index contributed by atoms with van der Waals surface area (Å²) >= 11 is 0. The fourth-order valence-corrected chi connectivity index (χ4v) is 1.64. The lowest BCUT2D eigenvalue weighted by molar-refractivity contribution is 0.481. The molecule has 0 aromatic heterocycles. The van der Waals surface area contributed by atoms with Crippen LogP contribution in [0.5, 0.6) is 5.75 Å². The van der Waals surface area contributed by atoms with E-state index in [4.69, 9.17) is 5.73 Å². The van der Waals surface area contributed by atoms with Crippen molar-refractivity contribution in [1.29, 1.82) is 0 Å². The van der Waals surface area contributed by atoms with Crippen LogP contribution < -0.4 is 5.73 Å². The lowest BCUT2D eigenvalue weighted by Crippen LogP contribution is -2.02. The quantitative estimate of drug-likeness (QED) is 0.755. The predicted molar refractivity (Wildman–Crippen MR) is 58.4 cm³/mol. The first-order valence-corrected chi connectivity index (χ1v) is 4.72. The van der Waals surface area contributed by atoms with Crippen molar-refractivity contribution >= 4 is 10.8 Å². The molecular formula is C12H13NO. The minimum atomic E-state index is 0.335. The Morgan fingerprint density at radius 3 is 2.79 bits per heavy atom. The molecule has 0 spiro atoms. The maximum absolute atomic E-state index is 9.57. The second-order valence-electron chi connectivity index (χ2n) is 3.37. The fraction of sp³-hybridized carbons (Fsp3) is 0.167. The Balaban J connectivity index is 2.56. The largest absolute Gasteiger partial charge is 0.507 e. The van der Waals surface area contributed by atoms with Crippen LogP contribution in [0.3, 0.4) is 0 Å². The number of hydrogen-bond donors (Lipinski definition) is 2. The van der Waals surface area contributed by atoms with Gasteiger partial charge in [-0.25, -0.2) is 0 Å². The molecule has 14 heavy (non-hydrogen) atoms. The maximum Gasteiger partial charge on any atom is 0.123 e. The van der Waals surface area contributed by atoms with Crippen LogP contribution in [0.25, 0.3) is 10.8 Å². The first kappa shape index (κ1) is 9.03. The Labute approximate surface area is 83.0 Å². The van der Waals surface area contributed by atoms with Crippen molar-refractivity contribution in [2.45, 2.75) is 6.42 Å². The maximum atomic E-state index is 9.57. The summed E-state index contributed by atoms with van der Waals surface area (Å²) in [6.45, 7) is 0.657. The van der Waals surface area contributed by atoms with Gasteiger partial charge in [0, 0.05) is 5.39 Å². The smallest absolute Gasteiger partial charge is 0.123 e. The standard InChI is InChI=1S/C12H13NO/c13-7-6-9-4-5-11-10(8-9)2-1-3-12(11)14/h1-5,8,14H,6-7,13H2. The van der Waals surface area contributed by atoms with Crippen molar-refractivity contribution in [2.75, 3.05) is 6.54 Å². The van der Waals surface area contributed by atoms with E-state index in [2.05, 4.69) is 6.07 Å². The van der Waals surface area contributed by atoms with Crippen LogP contribution in [-0.2, 0) is 6.42 Å². The third-order valence-corrected chi connectivity index (χ3v) is 2.35. The molecule has 2 rings (SSSR count). The third kappa shape index (κ3) is 1.56. The van der Waals surface area contributed by atoms with E-state index in [0.717, 1.165) is 17.2 Å². The average Bonchev–Trinajstić information content (AvgIpc) is 2.18. The van der Waals surface area contributed by atoms with Crippen LogP contribution >= 0.6 is 0 Å². The first-order chi connectivity index (χ1) is 6.81. The average molecular weight is 187 g/mol. The zero-order valence-electron chi connectivity index (χ0n) is 7.90. The number of benzene rings is 2. The highest BCUT2D eigenvalue weighted by Crippen LogP contribution is 2.24. The molecular weight excluding hydrogens is 174 g/mol. The Bertz CT molecular complexity index is 451. The number of hydrogen-bond acceptors (Lipinski definition) is 2. The summed E-state index contributed by atoms with van der Waals surface area (Å²) in [7, 11) is 0. The van der Waals surface area contributed by atoms with Crippen LogP contribution in [0, 0.1) is 0 Å². The molecule has 2 aromatic carbocycles. The molecule has 0 aliphatic carbocycles. The molecule has 0 fully saturated rings. The van der Waals surface area contributed by atoms with Crippen molar-refractivity contribution in [3.8, 4) is 5.75 Å². The molecule has 0 aliphatic heterocycles. The molecule has 3 N–H and O–H groups in total. The second kappa shape index (κ2) is 3.68. The van der Waals surface area contributed by atoms with E-state index in [1.54, 1.807) is 6.07 Å². The van der Waals surface area contributed by atoms with Gasteiger partial charge in [0.15, 0.2) is 0 Å². The highest BCUT2D eigenvalue weighted by Gasteiger charge is 1.99. The van der Waals surface area contributed by atoms with Crippen molar-refractivity contribution < 1.29 is 5.11 Å². The zero-order chi connectivity index (χ0) is 9.97. The number of fused-ring (bicyclic) bond motifs is 1. The molecule has 2 nitrogen and oxygen atoms in total. The van der Waals surface area contributed by atoms with Gasteiger partial charge in [-0.2, -0.15) is 0 Å². The normalized spacial score (nSPS) is 10.6. The number of aromatic hydroxyl groups is 1. The summed E-state index contributed by atoms with van der Waals surface area (Å²) in [4.78, 5) is 0. The van der Waals surface area contributed by atoms with Crippen molar-refractivity contribution in [3.63, 3.8) is 0 Å². The summed E-state index contributed by atoms with van der Waals surface area (Å²) in [5, 5.41) is 11.5. The number of phenols is 1. The highest BCUT2D eigenvalue weighted by atomic mass is 16.3. The molecule has 0 saturated carbocycles. The Kier molecular flexibility index (Phi) is 2.37. The van der Waals surface area contributed by atoms with Crippen LogP contribution in [0.2, 0.25) is 0 Å². The number of phenolic OH excluding ortho intramolecular Hbond substituents is 1. The summed E-state index contributed by atoms with van der Waals surface area (Å²) in [5.74, 6) is 0.335. The monoisotopic (exact) mass is 187 g/mol. The van der Waals surface area contributed by atoms with Gasteiger partial charge in [0.1, 0.15) is 5.75 Å². The van der Waals surface area contributed by atoms with Gasteiger partial charge >= 0.3 is 0 Å². The van der Waals surface area contributed by atoms with Gasteiger partial charge in [0.05, 0.1) is 0 Å². The summed E-state index contributed by atoms with van der Waals surface area (Å²) in [6.07, 6.45) is 0.881. The van der Waals surface area contributed by atoms with E-state index < -0.39 is 0 Å². The minimum absolute atomic E-state index is 0.335. The minimum Gasteiger partial charge on any atom is -0.507 e. The van der Waals surface area contributed by atoms with Gasteiger partial charge in [-0.1, -0.05) is 30.3 Å². The van der Waals surface area contributed by atoms with Crippen molar-refractivity contribution in [1.82, 2.24) is 0 Å². The predicted octanol–water partition coefficient (Wildman–Crippen LogP) is 2.05. The molecule has 0 radical (unpaired) electrons. The molecule has 2 aromatic rings. The molecule has 0 unspecified atom stereocenters. The second-order valence-corrected chi connectivity index (χ2v) is 3.37. The number of rotatable bonds is 2. The van der Waals surface area contributed by atoms with E-state index in [-0.39, 0.29) is 0 Å². The number of nitrogens with two attached hydrogens (primary N) is 1. The van der Waals surface area contributed by atoms with Crippen molar-refractivity contribution in [3.05, 3.63) is 42.0 Å². The topological polar surface area (TPSA) is 46.2 Å². The lowest BCUT2D eigenvalue weighted by atomic mass is 10.0. The van der Waals surface area contributed by atoms with E-state index in [0.29, 0.717) is 12.3 Å². The van der Waals surface area contributed by atoms with Crippen LogP contribution in [-0.4, -0.2) is 11.7 Å². The van der Waals surface area contributed by atoms with Gasteiger partial charge in [0.2, 0.25) is 0 Å². The van der Waals surface area contributed by atoms with Gasteiger partial charge in [-0.05, 0) is 30.0 Å². The van der Waals surface area contributed by atoms with Crippen molar-refractivity contribution in [2.24, 2.45) is 5.73 Å². The summed E-state index contributed by atoms with van der Waals surface area (Å²) < 4.78 is 0. The molecule has 0 amide bonds. The van der Waals surface area contributed by atoms with Gasteiger partial charge in [-0.3, -0.25) is 0 Å². The molecule has 0 aliphatic rings. The Hall–Kier alpha value is -1.54.